The highest BCUT2D eigenvalue weighted by Crippen LogP contribution is 2.23. The van der Waals surface area contributed by atoms with Crippen LogP contribution in [0.15, 0.2) is 18.2 Å². The van der Waals surface area contributed by atoms with Crippen molar-refractivity contribution >= 4 is 62.0 Å². The van der Waals surface area contributed by atoms with Crippen LogP contribution in [0.5, 0.6) is 0 Å². The Kier molecular flexibility index (Phi) is 8.68. The van der Waals surface area contributed by atoms with E-state index >= 15 is 0 Å². The number of amides is 2. The van der Waals surface area contributed by atoms with Crippen molar-refractivity contribution in [1.82, 2.24) is 5.32 Å². The van der Waals surface area contributed by atoms with Gasteiger partial charge in [-0.05, 0) is 54.6 Å². The largest absolute Gasteiger partial charge is 0.466 e. The highest BCUT2D eigenvalue weighted by atomic mass is 127. The van der Waals surface area contributed by atoms with Gasteiger partial charge in [0, 0.05) is 16.7 Å². The average Bonchev–Trinajstić information content (AvgIpc) is 2.53. The maximum absolute atomic E-state index is 12.6. The van der Waals surface area contributed by atoms with Crippen LogP contribution in [0.1, 0.15) is 30.6 Å². The van der Waals surface area contributed by atoms with Crippen molar-refractivity contribution in [2.24, 2.45) is 0 Å². The topological polar surface area (TPSA) is 75.7 Å². The highest BCUT2D eigenvalue weighted by Gasteiger charge is 2.20. The summed E-state index contributed by atoms with van der Waals surface area (Å²) in [5, 5.41) is 2.93. The molecule has 24 heavy (non-hydrogen) atoms. The molecule has 0 saturated heterocycles. The monoisotopic (exact) mass is 510 g/mol. The van der Waals surface area contributed by atoms with Gasteiger partial charge in [-0.2, -0.15) is 0 Å². The van der Waals surface area contributed by atoms with E-state index in [0.717, 1.165) is 3.57 Å². The van der Waals surface area contributed by atoms with Crippen molar-refractivity contribution in [2.75, 3.05) is 23.9 Å². The van der Waals surface area contributed by atoms with Gasteiger partial charge in [-0.1, -0.05) is 15.9 Å². The number of hydrogen-bond donors (Lipinski definition) is 1. The van der Waals surface area contributed by atoms with Crippen LogP contribution in [0.25, 0.3) is 0 Å². The minimum Gasteiger partial charge on any atom is -0.466 e. The van der Waals surface area contributed by atoms with Crippen LogP contribution in [-0.2, 0) is 14.3 Å². The lowest BCUT2D eigenvalue weighted by Gasteiger charge is -2.21. The van der Waals surface area contributed by atoms with Gasteiger partial charge < -0.3 is 15.0 Å². The summed E-state index contributed by atoms with van der Waals surface area (Å²) in [6.45, 7) is 3.77. The molecule has 0 heterocycles. The van der Waals surface area contributed by atoms with E-state index in [2.05, 4.69) is 43.8 Å². The van der Waals surface area contributed by atoms with E-state index in [1.54, 1.807) is 33.0 Å². The molecule has 132 valence electrons. The summed E-state index contributed by atoms with van der Waals surface area (Å²) in [6, 6.07) is 4.89. The first kappa shape index (κ1) is 20.9. The molecule has 0 aliphatic carbocycles. The molecule has 0 saturated carbocycles. The number of anilines is 1. The second-order valence-electron chi connectivity index (χ2n) is 5.13. The van der Waals surface area contributed by atoms with Gasteiger partial charge in [-0.3, -0.25) is 14.4 Å². The van der Waals surface area contributed by atoms with E-state index in [0.29, 0.717) is 17.9 Å². The summed E-state index contributed by atoms with van der Waals surface area (Å²) in [6.07, 6.45) is 0.0923. The first-order chi connectivity index (χ1) is 11.3. The third-order valence-corrected chi connectivity index (χ3v) is 4.36. The van der Waals surface area contributed by atoms with Crippen LogP contribution in [0.2, 0.25) is 0 Å². The van der Waals surface area contributed by atoms with Crippen molar-refractivity contribution in [1.29, 1.82) is 0 Å². The van der Waals surface area contributed by atoms with Crippen molar-refractivity contribution in [3.8, 4) is 0 Å². The number of rotatable bonds is 7. The molecule has 0 radical (unpaired) electrons. The number of nitrogens with zero attached hydrogens (tertiary/aromatic N) is 1. The number of halogens is 2. The molecule has 1 N–H and O–H groups in total. The van der Waals surface area contributed by atoms with Crippen molar-refractivity contribution in [3.05, 3.63) is 27.3 Å². The standard InChI is InChI=1S/C16H20BrIN2O4/c1-4-24-15(22)7-10(2)19-16(23)12-8-11(18)5-6-13(12)20(3)14(21)9-17/h5-6,8,10H,4,7,9H2,1-3H3,(H,19,23)/t10-/m0/s1. The molecule has 1 aromatic carbocycles. The van der Waals surface area contributed by atoms with E-state index in [1.807, 2.05) is 6.07 Å². The smallest absolute Gasteiger partial charge is 0.307 e. The Balaban J connectivity index is 2.95. The van der Waals surface area contributed by atoms with E-state index in [1.165, 1.54) is 4.90 Å². The molecule has 0 aromatic heterocycles. The Morgan fingerprint density at radius 3 is 2.62 bits per heavy atom. The Bertz CT molecular complexity index is 624. The van der Waals surface area contributed by atoms with Crippen molar-refractivity contribution < 1.29 is 19.1 Å². The van der Waals surface area contributed by atoms with Gasteiger partial charge >= 0.3 is 5.97 Å². The SMILES string of the molecule is CCOC(=O)C[C@H](C)NC(=O)c1cc(I)ccc1N(C)C(=O)CBr. The molecular formula is C16H20BrIN2O4. The van der Waals surface area contributed by atoms with Crippen LogP contribution in [0.4, 0.5) is 5.69 Å². The van der Waals surface area contributed by atoms with Crippen molar-refractivity contribution in [3.63, 3.8) is 0 Å². The third-order valence-electron chi connectivity index (χ3n) is 3.21. The van der Waals surface area contributed by atoms with Crippen LogP contribution < -0.4 is 10.2 Å². The molecule has 0 bridgehead atoms. The molecule has 0 fully saturated rings. The van der Waals surface area contributed by atoms with Gasteiger partial charge in [0.15, 0.2) is 0 Å². The summed E-state index contributed by atoms with van der Waals surface area (Å²) in [7, 11) is 1.62. The molecular weight excluding hydrogens is 491 g/mol. The number of benzene rings is 1. The number of esters is 1. The first-order valence-corrected chi connectivity index (χ1v) is 9.58. The number of carbonyl (C=O) groups excluding carboxylic acids is 3. The van der Waals surface area contributed by atoms with E-state index < -0.39 is 0 Å². The minimum absolute atomic E-state index is 0.0923. The second-order valence-corrected chi connectivity index (χ2v) is 6.94. The molecule has 1 atom stereocenters. The average molecular weight is 511 g/mol. The molecule has 6 nitrogen and oxygen atoms in total. The fourth-order valence-corrected chi connectivity index (χ4v) is 2.90. The maximum atomic E-state index is 12.6. The quantitative estimate of drug-likeness (QED) is 0.347. The molecule has 0 spiro atoms. The van der Waals surface area contributed by atoms with E-state index in [9.17, 15) is 14.4 Å². The Morgan fingerprint density at radius 2 is 2.04 bits per heavy atom. The summed E-state index contributed by atoms with van der Waals surface area (Å²) < 4.78 is 5.75. The summed E-state index contributed by atoms with van der Waals surface area (Å²) in [4.78, 5) is 37.4. The number of ether oxygens (including phenoxy) is 1. The fraction of sp³-hybridized carbons (Fsp3) is 0.438. The predicted octanol–water partition coefficient (Wildman–Crippen LogP) is 2.72. The molecule has 1 aromatic rings. The van der Waals surface area contributed by atoms with Gasteiger partial charge in [0.05, 0.1) is 29.6 Å². The molecule has 2 amide bonds. The molecule has 0 aliphatic heterocycles. The third kappa shape index (κ3) is 6.04. The normalized spacial score (nSPS) is 11.5. The Hall–Kier alpha value is -1.16. The van der Waals surface area contributed by atoms with Gasteiger partial charge in [-0.25, -0.2) is 0 Å². The summed E-state index contributed by atoms with van der Waals surface area (Å²) >= 11 is 5.23. The zero-order valence-corrected chi connectivity index (χ0v) is 17.5. The van der Waals surface area contributed by atoms with E-state index in [4.69, 9.17) is 4.74 Å². The molecule has 1 rings (SSSR count). The number of alkyl halides is 1. The first-order valence-electron chi connectivity index (χ1n) is 7.38. The van der Waals surface area contributed by atoms with Gasteiger partial charge in [0.2, 0.25) is 5.91 Å². The van der Waals surface area contributed by atoms with Gasteiger partial charge in [-0.15, -0.1) is 0 Å². The predicted molar refractivity (Wildman–Crippen MR) is 105 cm³/mol. The molecule has 8 heteroatoms. The van der Waals surface area contributed by atoms with Crippen LogP contribution >= 0.6 is 38.5 Å². The van der Waals surface area contributed by atoms with Gasteiger partial charge in [0.1, 0.15) is 0 Å². The zero-order valence-electron chi connectivity index (χ0n) is 13.8. The highest BCUT2D eigenvalue weighted by molar-refractivity contribution is 14.1. The van der Waals surface area contributed by atoms with Gasteiger partial charge in [0.25, 0.3) is 5.91 Å². The number of hydrogen-bond acceptors (Lipinski definition) is 4. The lowest BCUT2D eigenvalue weighted by atomic mass is 10.1. The summed E-state index contributed by atoms with van der Waals surface area (Å²) in [5.74, 6) is -0.862. The number of carbonyl (C=O) groups is 3. The van der Waals surface area contributed by atoms with Crippen LogP contribution in [-0.4, -0.2) is 42.8 Å². The lowest BCUT2D eigenvalue weighted by Crippen LogP contribution is -2.36. The Morgan fingerprint density at radius 1 is 1.38 bits per heavy atom. The minimum atomic E-state index is -0.376. The van der Waals surface area contributed by atoms with Crippen LogP contribution in [0.3, 0.4) is 0 Å². The lowest BCUT2D eigenvalue weighted by molar-refractivity contribution is -0.143. The van der Waals surface area contributed by atoms with Crippen LogP contribution in [0, 0.1) is 3.57 Å². The molecule has 0 aliphatic rings. The second kappa shape index (κ2) is 9.97. The fourth-order valence-electron chi connectivity index (χ4n) is 2.03. The maximum Gasteiger partial charge on any atom is 0.307 e. The number of nitrogens with one attached hydrogen (secondary N) is 1. The Labute approximate surface area is 163 Å². The van der Waals surface area contributed by atoms with Crippen molar-refractivity contribution in [2.45, 2.75) is 26.3 Å². The van der Waals surface area contributed by atoms with E-state index in [-0.39, 0.29) is 35.6 Å². The molecule has 0 unspecified atom stereocenters. The zero-order chi connectivity index (χ0) is 18.3. The summed E-state index contributed by atoms with van der Waals surface area (Å²) in [5.41, 5.74) is 0.898.